The molecule has 3 saturated heterocycles. The molecule has 3 aliphatic rings. The van der Waals surface area contributed by atoms with Gasteiger partial charge in [0, 0.05) is 12.1 Å². The first-order valence-corrected chi connectivity index (χ1v) is 23.6. The Kier molecular flexibility index (Phi) is 14.7. The van der Waals surface area contributed by atoms with Gasteiger partial charge in [0.25, 0.3) is 14.4 Å². The lowest BCUT2D eigenvalue weighted by Crippen LogP contribution is -2.80. The second kappa shape index (κ2) is 20.7. The standard InChI is InChI=1S/C52H57N4O10P/c1-34(2)56(35(3)4)67(63-32-16-31-53)66-45-43(33-62-51(36-17-10-7-11-18-36,39-23-27-41(60-5)28-24-39)40-25-29-42(61-6)30-26-40)64-49(44(45)57)55-47-46(48(58)54-50(55)59)65-52(47,37-19-12-8-13-20-37)38-21-14-9-15-22-38/h7-15,17-30,34-35,43-47,49,57H,16,32-33H2,1-6H3,(H,54,58,59)/t43-,44-,45-,46+,47?,49-,67?/m1/s1. The Morgan fingerprint density at radius 2 is 1.30 bits per heavy atom. The zero-order valence-electron chi connectivity index (χ0n) is 38.4. The van der Waals surface area contributed by atoms with E-state index in [1.54, 1.807) is 14.2 Å². The molecule has 350 valence electrons. The Morgan fingerprint density at radius 1 is 0.791 bits per heavy atom. The molecule has 0 aromatic heterocycles. The lowest BCUT2D eigenvalue weighted by molar-refractivity contribution is -0.265. The third kappa shape index (κ3) is 9.07. The van der Waals surface area contributed by atoms with Gasteiger partial charge in [-0.05, 0) is 79.8 Å². The lowest BCUT2D eigenvalue weighted by atomic mass is 9.71. The van der Waals surface area contributed by atoms with E-state index in [4.69, 9.17) is 32.7 Å². The van der Waals surface area contributed by atoms with E-state index in [-0.39, 0.29) is 31.7 Å². The number of imide groups is 1. The molecule has 7 atom stereocenters. The highest BCUT2D eigenvalue weighted by Gasteiger charge is 2.69. The summed E-state index contributed by atoms with van der Waals surface area (Å²) in [5, 5.41) is 24.9. The first-order valence-electron chi connectivity index (χ1n) is 22.5. The molecule has 0 bridgehead atoms. The number of benzene rings is 5. The molecular formula is C52H57N4O10P. The number of carbonyl (C=O) groups is 2. The monoisotopic (exact) mass is 928 g/mol. The Balaban J connectivity index is 1.26. The number of amides is 3. The number of hydrogen-bond acceptors (Lipinski definition) is 12. The maximum atomic E-state index is 14.5. The van der Waals surface area contributed by atoms with Gasteiger partial charge in [-0.1, -0.05) is 115 Å². The van der Waals surface area contributed by atoms with Crippen molar-refractivity contribution in [3.8, 4) is 17.6 Å². The van der Waals surface area contributed by atoms with Crippen molar-refractivity contribution >= 4 is 20.5 Å². The number of nitrogens with zero attached hydrogens (tertiary/aromatic N) is 3. The van der Waals surface area contributed by atoms with Crippen molar-refractivity contribution < 1.29 is 47.4 Å². The van der Waals surface area contributed by atoms with Crippen LogP contribution in [0.2, 0.25) is 0 Å². The molecule has 3 heterocycles. The fraction of sp³-hybridized carbons (Fsp3) is 0.365. The number of methoxy groups -OCH3 is 2. The normalized spacial score (nSPS) is 22.8. The highest BCUT2D eigenvalue weighted by Crippen LogP contribution is 2.54. The van der Waals surface area contributed by atoms with E-state index in [1.807, 2.05) is 167 Å². The zero-order chi connectivity index (χ0) is 47.3. The second-order valence-electron chi connectivity index (χ2n) is 17.1. The van der Waals surface area contributed by atoms with E-state index in [9.17, 15) is 20.0 Å². The summed E-state index contributed by atoms with van der Waals surface area (Å²) in [6.45, 7) is 7.98. The second-order valence-corrected chi connectivity index (χ2v) is 18.5. The van der Waals surface area contributed by atoms with Crippen molar-refractivity contribution in [2.45, 2.75) is 94.1 Å². The molecule has 3 amide bonds. The predicted molar refractivity (Wildman–Crippen MR) is 251 cm³/mol. The van der Waals surface area contributed by atoms with Gasteiger partial charge in [0.05, 0.1) is 39.9 Å². The summed E-state index contributed by atoms with van der Waals surface area (Å²) < 4.78 is 47.6. The molecule has 0 saturated carbocycles. The van der Waals surface area contributed by atoms with Crippen LogP contribution in [0.3, 0.4) is 0 Å². The molecule has 0 aliphatic carbocycles. The van der Waals surface area contributed by atoms with Crippen LogP contribution >= 0.6 is 8.53 Å². The number of nitrogens with one attached hydrogen (secondary N) is 1. The predicted octanol–water partition coefficient (Wildman–Crippen LogP) is 8.02. The minimum atomic E-state index is -1.95. The Morgan fingerprint density at radius 3 is 1.79 bits per heavy atom. The van der Waals surface area contributed by atoms with Gasteiger partial charge in [0.1, 0.15) is 47.1 Å². The third-order valence-electron chi connectivity index (χ3n) is 12.5. The number of hydrogen-bond donors (Lipinski definition) is 2. The van der Waals surface area contributed by atoms with E-state index in [2.05, 4.69) is 16.1 Å². The summed E-state index contributed by atoms with van der Waals surface area (Å²) in [4.78, 5) is 29.6. The Hall–Kier alpha value is -5.72. The van der Waals surface area contributed by atoms with Gasteiger partial charge < -0.3 is 37.8 Å². The van der Waals surface area contributed by atoms with Crippen LogP contribution in [-0.2, 0) is 39.3 Å². The fourth-order valence-corrected chi connectivity index (χ4v) is 11.3. The molecule has 2 unspecified atom stereocenters. The van der Waals surface area contributed by atoms with Gasteiger partial charge in [-0.3, -0.25) is 15.0 Å². The average molecular weight is 929 g/mol. The van der Waals surface area contributed by atoms with Crippen molar-refractivity contribution in [2.75, 3.05) is 27.4 Å². The zero-order valence-corrected chi connectivity index (χ0v) is 39.3. The molecule has 5 aromatic carbocycles. The summed E-state index contributed by atoms with van der Waals surface area (Å²) in [5.41, 5.74) is 1.14. The number of aliphatic hydroxyl groups is 1. The number of rotatable bonds is 19. The fourth-order valence-electron chi connectivity index (χ4n) is 9.56. The van der Waals surface area contributed by atoms with Crippen molar-refractivity contribution in [3.63, 3.8) is 0 Å². The van der Waals surface area contributed by atoms with Crippen LogP contribution in [-0.4, -0.2) is 103 Å². The van der Waals surface area contributed by atoms with Gasteiger partial charge in [-0.15, -0.1) is 0 Å². The van der Waals surface area contributed by atoms with E-state index in [0.29, 0.717) is 22.6 Å². The van der Waals surface area contributed by atoms with Crippen LogP contribution in [0.25, 0.3) is 0 Å². The third-order valence-corrected chi connectivity index (χ3v) is 14.7. The number of aliphatic hydroxyl groups excluding tert-OH is 1. The smallest absolute Gasteiger partial charge is 0.326 e. The van der Waals surface area contributed by atoms with Gasteiger partial charge in [0.2, 0.25) is 0 Å². The average Bonchev–Trinajstić information content (AvgIpc) is 3.64. The summed E-state index contributed by atoms with van der Waals surface area (Å²) in [6, 6.07) is 44.2. The van der Waals surface area contributed by atoms with E-state index in [1.165, 1.54) is 4.90 Å². The van der Waals surface area contributed by atoms with E-state index >= 15 is 0 Å². The molecule has 14 nitrogen and oxygen atoms in total. The maximum absolute atomic E-state index is 14.5. The molecule has 0 spiro atoms. The summed E-state index contributed by atoms with van der Waals surface area (Å²) in [6.07, 6.45) is -6.13. The molecule has 67 heavy (non-hydrogen) atoms. The molecule has 15 heteroatoms. The van der Waals surface area contributed by atoms with Crippen LogP contribution in [0.15, 0.2) is 140 Å². The highest BCUT2D eigenvalue weighted by molar-refractivity contribution is 7.44. The minimum absolute atomic E-state index is 0.0711. The van der Waals surface area contributed by atoms with Gasteiger partial charge >= 0.3 is 6.03 Å². The molecule has 3 aliphatic heterocycles. The molecule has 8 rings (SSSR count). The van der Waals surface area contributed by atoms with Crippen molar-refractivity contribution in [1.82, 2.24) is 14.9 Å². The van der Waals surface area contributed by atoms with Gasteiger partial charge in [-0.2, -0.15) is 5.26 Å². The SMILES string of the molecule is COc1ccc(C(OC[C@H]2O[C@@H](N3C(=O)NC(=O)[C@H]4OC(c5ccccc5)(c5ccccc5)C43)[C@H](O)[C@@H]2OP(OCCC#N)N(C(C)C)C(C)C)(c2ccccc2)c2ccc(OC)cc2)cc1. The summed E-state index contributed by atoms with van der Waals surface area (Å²) >= 11 is 0. The minimum Gasteiger partial charge on any atom is -0.497 e. The van der Waals surface area contributed by atoms with Crippen LogP contribution in [0.1, 0.15) is 61.9 Å². The largest absolute Gasteiger partial charge is 0.497 e. The molecule has 0 radical (unpaired) electrons. The van der Waals surface area contributed by atoms with Crippen LogP contribution in [0.5, 0.6) is 11.5 Å². The summed E-state index contributed by atoms with van der Waals surface area (Å²) in [5.74, 6) is 0.712. The quantitative estimate of drug-likeness (QED) is 0.0467. The van der Waals surface area contributed by atoms with Crippen LogP contribution in [0.4, 0.5) is 4.79 Å². The molecule has 3 fully saturated rings. The van der Waals surface area contributed by atoms with Crippen molar-refractivity contribution in [2.24, 2.45) is 0 Å². The lowest BCUT2D eigenvalue weighted by Gasteiger charge is -2.60. The van der Waals surface area contributed by atoms with Gasteiger partial charge in [0.15, 0.2) is 12.3 Å². The number of fused-ring (bicyclic) bond motifs is 1. The number of ether oxygens (including phenoxy) is 5. The molecular weight excluding hydrogens is 872 g/mol. The first-order chi connectivity index (χ1) is 32.5. The summed E-state index contributed by atoms with van der Waals surface area (Å²) in [7, 11) is 1.27. The van der Waals surface area contributed by atoms with Crippen molar-refractivity contribution in [1.29, 1.82) is 5.26 Å². The Labute approximate surface area is 393 Å². The van der Waals surface area contributed by atoms with Crippen molar-refractivity contribution in [3.05, 3.63) is 167 Å². The van der Waals surface area contributed by atoms with E-state index < -0.39 is 68.4 Å². The Bertz CT molecular complexity index is 2380. The number of carbonyl (C=O) groups excluding carboxylic acids is 2. The first kappa shape index (κ1) is 47.8. The molecule has 5 aromatic rings. The van der Waals surface area contributed by atoms with E-state index in [0.717, 1.165) is 16.7 Å². The van der Waals surface area contributed by atoms with Gasteiger partial charge in [-0.25, -0.2) is 9.46 Å². The topological polar surface area (TPSA) is 161 Å². The highest BCUT2D eigenvalue weighted by atomic mass is 31.2. The number of urea groups is 1. The molecule has 2 N–H and O–H groups in total. The maximum Gasteiger partial charge on any atom is 0.326 e. The number of nitriles is 1. The van der Waals surface area contributed by atoms with Crippen LogP contribution in [0, 0.1) is 11.3 Å². The van der Waals surface area contributed by atoms with Crippen LogP contribution < -0.4 is 14.8 Å².